The first-order valence-electron chi connectivity index (χ1n) is 7.79. The van der Waals surface area contributed by atoms with Crippen molar-refractivity contribution in [2.45, 2.75) is 33.2 Å². The van der Waals surface area contributed by atoms with Crippen molar-refractivity contribution < 1.29 is 9.21 Å². The Labute approximate surface area is 125 Å². The quantitative estimate of drug-likeness (QED) is 0.800. The number of hydrogen-bond acceptors (Lipinski definition) is 3. The summed E-state index contributed by atoms with van der Waals surface area (Å²) < 4.78 is 5.49. The molecule has 0 spiro atoms. The van der Waals surface area contributed by atoms with E-state index in [0.717, 1.165) is 17.5 Å². The van der Waals surface area contributed by atoms with Crippen LogP contribution in [-0.2, 0) is 0 Å². The van der Waals surface area contributed by atoms with Gasteiger partial charge in [0.05, 0.1) is 12.1 Å². The average Bonchev–Trinajstić information content (AvgIpc) is 2.88. The molecule has 21 heavy (non-hydrogen) atoms. The van der Waals surface area contributed by atoms with Gasteiger partial charge in [0.25, 0.3) is 0 Å². The Morgan fingerprint density at radius 1 is 1.29 bits per heavy atom. The molecule has 1 fully saturated rings. The molecule has 0 N–H and O–H groups in total. The van der Waals surface area contributed by atoms with Crippen molar-refractivity contribution in [2.24, 2.45) is 11.8 Å². The van der Waals surface area contributed by atoms with Gasteiger partial charge < -0.3 is 4.42 Å². The van der Waals surface area contributed by atoms with Gasteiger partial charge in [-0.05, 0) is 31.2 Å². The van der Waals surface area contributed by atoms with E-state index in [4.69, 9.17) is 4.42 Å². The molecular weight excluding hydrogens is 262 g/mol. The number of Topliss-reactive ketones (excluding diaryl/α,β-unsaturated/α-hetero) is 1. The number of likely N-dealkylation sites (tertiary alicyclic amines) is 1. The van der Waals surface area contributed by atoms with Gasteiger partial charge in [0.2, 0.25) is 0 Å². The van der Waals surface area contributed by atoms with Crippen LogP contribution in [-0.4, -0.2) is 29.8 Å². The van der Waals surface area contributed by atoms with Gasteiger partial charge in [-0.2, -0.15) is 0 Å². The second kappa shape index (κ2) is 5.64. The average molecular weight is 285 g/mol. The molecule has 0 radical (unpaired) electrons. The molecule has 1 aliphatic heterocycles. The predicted molar refractivity (Wildman–Crippen MR) is 84.5 cm³/mol. The first-order valence-corrected chi connectivity index (χ1v) is 7.79. The smallest absolute Gasteiger partial charge is 0.180 e. The van der Waals surface area contributed by atoms with Gasteiger partial charge in [0, 0.05) is 18.0 Å². The van der Waals surface area contributed by atoms with Crippen LogP contribution in [0.2, 0.25) is 0 Å². The first-order chi connectivity index (χ1) is 10.1. The molecule has 3 rings (SSSR count). The molecule has 112 valence electrons. The lowest BCUT2D eigenvalue weighted by Gasteiger charge is -2.40. The summed E-state index contributed by atoms with van der Waals surface area (Å²) in [4.78, 5) is 15.0. The van der Waals surface area contributed by atoms with Gasteiger partial charge in [0.1, 0.15) is 11.8 Å². The van der Waals surface area contributed by atoms with Crippen LogP contribution in [0.15, 0.2) is 34.9 Å². The minimum atomic E-state index is 0.160. The molecule has 2 heterocycles. The Kier molecular flexibility index (Phi) is 3.85. The SMILES string of the molecule is CC1CC(C)C(C)N(CC(=O)c2coc3ccccc23)C1. The number of ketones is 1. The summed E-state index contributed by atoms with van der Waals surface area (Å²) in [6.45, 7) is 8.28. The van der Waals surface area contributed by atoms with E-state index in [1.807, 2.05) is 24.3 Å². The highest BCUT2D eigenvalue weighted by atomic mass is 16.3. The van der Waals surface area contributed by atoms with E-state index in [1.54, 1.807) is 6.26 Å². The minimum Gasteiger partial charge on any atom is -0.464 e. The summed E-state index contributed by atoms with van der Waals surface area (Å²) >= 11 is 0. The van der Waals surface area contributed by atoms with Crippen LogP contribution in [0.5, 0.6) is 0 Å². The summed E-state index contributed by atoms with van der Waals surface area (Å²) in [6, 6.07) is 8.19. The fraction of sp³-hybridized carbons (Fsp3) is 0.500. The van der Waals surface area contributed by atoms with Crippen molar-refractivity contribution in [1.29, 1.82) is 0 Å². The molecule has 1 aromatic carbocycles. The number of carbonyl (C=O) groups is 1. The van der Waals surface area contributed by atoms with Crippen molar-refractivity contribution in [3.05, 3.63) is 36.1 Å². The Balaban J connectivity index is 1.79. The molecule has 1 aliphatic rings. The topological polar surface area (TPSA) is 33.5 Å². The second-order valence-corrected chi connectivity index (χ2v) is 6.56. The van der Waals surface area contributed by atoms with Crippen molar-refractivity contribution in [1.82, 2.24) is 4.90 Å². The van der Waals surface area contributed by atoms with E-state index < -0.39 is 0 Å². The zero-order chi connectivity index (χ0) is 15.0. The molecule has 3 nitrogen and oxygen atoms in total. The van der Waals surface area contributed by atoms with Gasteiger partial charge in [-0.3, -0.25) is 9.69 Å². The largest absolute Gasteiger partial charge is 0.464 e. The van der Waals surface area contributed by atoms with Crippen molar-refractivity contribution in [3.63, 3.8) is 0 Å². The number of furan rings is 1. The summed E-state index contributed by atoms with van der Waals surface area (Å²) in [7, 11) is 0. The van der Waals surface area contributed by atoms with E-state index in [0.29, 0.717) is 30.0 Å². The van der Waals surface area contributed by atoms with Gasteiger partial charge in [-0.1, -0.05) is 32.0 Å². The van der Waals surface area contributed by atoms with Crippen molar-refractivity contribution >= 4 is 16.8 Å². The third kappa shape index (κ3) is 2.75. The third-order valence-corrected chi connectivity index (χ3v) is 4.85. The van der Waals surface area contributed by atoms with E-state index in [-0.39, 0.29) is 5.78 Å². The maximum Gasteiger partial charge on any atom is 0.180 e. The van der Waals surface area contributed by atoms with Crippen LogP contribution < -0.4 is 0 Å². The van der Waals surface area contributed by atoms with Crippen LogP contribution in [0.1, 0.15) is 37.6 Å². The standard InChI is InChI=1S/C18H23NO2/c1-12-8-13(2)14(3)19(9-12)10-17(20)16-11-21-18-7-5-4-6-15(16)18/h4-7,11-14H,8-10H2,1-3H3. The normalized spacial score (nSPS) is 27.1. The lowest BCUT2D eigenvalue weighted by molar-refractivity contribution is 0.0650. The highest BCUT2D eigenvalue weighted by molar-refractivity contribution is 6.08. The Hall–Kier alpha value is -1.61. The Bertz CT molecular complexity index is 645. The lowest BCUT2D eigenvalue weighted by Crippen LogP contribution is -2.47. The van der Waals surface area contributed by atoms with Gasteiger partial charge in [-0.15, -0.1) is 0 Å². The number of benzene rings is 1. The molecule has 3 heteroatoms. The zero-order valence-electron chi connectivity index (χ0n) is 13.0. The predicted octanol–water partition coefficient (Wildman–Crippen LogP) is 3.98. The van der Waals surface area contributed by atoms with E-state index in [2.05, 4.69) is 25.7 Å². The van der Waals surface area contributed by atoms with Crippen LogP contribution >= 0.6 is 0 Å². The molecular formula is C18H23NO2. The summed E-state index contributed by atoms with van der Waals surface area (Å²) in [5.41, 5.74) is 1.50. The van der Waals surface area contributed by atoms with Gasteiger partial charge in [0.15, 0.2) is 5.78 Å². The van der Waals surface area contributed by atoms with Crippen LogP contribution in [0.3, 0.4) is 0 Å². The number of para-hydroxylation sites is 1. The van der Waals surface area contributed by atoms with Crippen molar-refractivity contribution in [3.8, 4) is 0 Å². The molecule has 3 atom stereocenters. The second-order valence-electron chi connectivity index (χ2n) is 6.56. The van der Waals surface area contributed by atoms with Gasteiger partial charge in [-0.25, -0.2) is 0 Å². The maximum absolute atomic E-state index is 12.6. The van der Waals surface area contributed by atoms with Gasteiger partial charge >= 0.3 is 0 Å². The molecule has 1 saturated heterocycles. The van der Waals surface area contributed by atoms with Crippen molar-refractivity contribution in [2.75, 3.05) is 13.1 Å². The lowest BCUT2D eigenvalue weighted by atomic mass is 9.86. The summed E-state index contributed by atoms with van der Waals surface area (Å²) in [5.74, 6) is 1.46. The highest BCUT2D eigenvalue weighted by Crippen LogP contribution is 2.28. The summed E-state index contributed by atoms with van der Waals surface area (Å²) in [5, 5.41) is 0.924. The number of piperidine rings is 1. The van der Waals surface area contributed by atoms with E-state index in [1.165, 1.54) is 6.42 Å². The molecule has 0 bridgehead atoms. The number of nitrogens with zero attached hydrogens (tertiary/aromatic N) is 1. The highest BCUT2D eigenvalue weighted by Gasteiger charge is 2.30. The molecule has 0 saturated carbocycles. The first kappa shape index (κ1) is 14.3. The van der Waals surface area contributed by atoms with Crippen LogP contribution in [0.25, 0.3) is 11.0 Å². The number of hydrogen-bond donors (Lipinski definition) is 0. The molecule has 1 aromatic heterocycles. The van der Waals surface area contributed by atoms with Crippen LogP contribution in [0.4, 0.5) is 0 Å². The maximum atomic E-state index is 12.6. The number of fused-ring (bicyclic) bond motifs is 1. The Morgan fingerprint density at radius 2 is 2.05 bits per heavy atom. The fourth-order valence-corrected chi connectivity index (χ4v) is 3.50. The monoisotopic (exact) mass is 285 g/mol. The zero-order valence-corrected chi connectivity index (χ0v) is 13.0. The van der Waals surface area contributed by atoms with E-state index in [9.17, 15) is 4.79 Å². The van der Waals surface area contributed by atoms with E-state index >= 15 is 0 Å². The minimum absolute atomic E-state index is 0.160. The van der Waals surface area contributed by atoms with Crippen LogP contribution in [0, 0.1) is 11.8 Å². The molecule has 0 amide bonds. The third-order valence-electron chi connectivity index (χ3n) is 4.85. The molecule has 3 unspecified atom stereocenters. The molecule has 0 aliphatic carbocycles. The summed E-state index contributed by atoms with van der Waals surface area (Å²) in [6.07, 6.45) is 2.86. The number of carbonyl (C=O) groups excluding carboxylic acids is 1. The Morgan fingerprint density at radius 3 is 2.86 bits per heavy atom. The fourth-order valence-electron chi connectivity index (χ4n) is 3.50. The number of rotatable bonds is 3. The molecule has 2 aromatic rings.